The second kappa shape index (κ2) is 42.4. The molecule has 0 aliphatic rings. The Kier molecular flexibility index (Phi) is 40.0. The summed E-state index contributed by atoms with van der Waals surface area (Å²) in [5, 5.41) is 21.8. The highest BCUT2D eigenvalue weighted by Crippen LogP contribution is 2.43. The van der Waals surface area contributed by atoms with E-state index in [0.29, 0.717) is 12.8 Å². The van der Waals surface area contributed by atoms with Crippen molar-refractivity contribution < 1.29 is 47.8 Å². The van der Waals surface area contributed by atoms with Crippen LogP contribution < -0.4 is 5.32 Å². The zero-order valence-electron chi connectivity index (χ0n) is 37.0. The van der Waals surface area contributed by atoms with Crippen LogP contribution >= 0.6 is 7.82 Å². The number of allylic oxidation sites excluding steroid dienone is 14. The van der Waals surface area contributed by atoms with Crippen LogP contribution in [-0.4, -0.2) is 64.9 Å². The normalized spacial score (nSPS) is 14.5. The van der Waals surface area contributed by atoms with Gasteiger partial charge in [-0.25, -0.2) is 9.36 Å². The lowest BCUT2D eigenvalue weighted by molar-refractivity contribution is -0.147. The maximum Gasteiger partial charge on any atom is 0.472 e. The van der Waals surface area contributed by atoms with Crippen molar-refractivity contribution in [1.29, 1.82) is 0 Å². The Bertz CT molecular complexity index is 1340. The third-order valence-electron chi connectivity index (χ3n) is 9.17. The van der Waals surface area contributed by atoms with E-state index in [-0.39, 0.29) is 12.8 Å². The molecule has 4 N–H and O–H groups in total. The number of rotatable bonds is 41. The van der Waals surface area contributed by atoms with Gasteiger partial charge in [0.25, 0.3) is 0 Å². The van der Waals surface area contributed by atoms with Crippen molar-refractivity contribution >= 4 is 25.7 Å². The number of carbonyl (C=O) groups excluding carboxylic acids is 2. The Labute approximate surface area is 362 Å². The van der Waals surface area contributed by atoms with Gasteiger partial charge in [-0.3, -0.25) is 18.6 Å². The van der Waals surface area contributed by atoms with Crippen molar-refractivity contribution in [3.05, 3.63) is 85.1 Å². The molecule has 0 bridgehead atoms. The Balaban J connectivity index is 3.94. The zero-order valence-corrected chi connectivity index (χ0v) is 37.9. The molecule has 0 fully saturated rings. The summed E-state index contributed by atoms with van der Waals surface area (Å²) in [4.78, 5) is 45.9. The molecule has 3 atom stereocenters. The second-order valence-corrected chi connectivity index (χ2v) is 16.3. The standard InChI is InChI=1S/C48H80NO10P/c1-3-5-7-9-11-13-15-17-18-19-20-21-22-23-24-25-26-28-30-32-34-36-38-40-47(52)57-41-44(50)42-58-60(55,56)59-43-45(48(53)54)49-46(51)39-37-35-33-31-29-27-16-14-12-10-8-6-4-2/h5,7,11,13-14,16-18,20-21,23-24,26,28,44-45,50H,3-4,6,8-10,12,15,19,22,25,27,29-43H2,1-2H3,(H,49,51)(H,53,54)(H,55,56)/b7-5-,13-11-,16-14-,18-17-,21-20-,24-23-,28-26-. The number of aliphatic hydroxyl groups is 1. The summed E-state index contributed by atoms with van der Waals surface area (Å²) in [5.74, 6) is -2.42. The maximum absolute atomic E-state index is 12.3. The molecular formula is C48H80NO10P. The van der Waals surface area contributed by atoms with E-state index in [1.54, 1.807) is 0 Å². The molecule has 3 unspecified atom stereocenters. The predicted octanol–water partition coefficient (Wildman–Crippen LogP) is 11.9. The summed E-state index contributed by atoms with van der Waals surface area (Å²) in [5.41, 5.74) is 0. The number of carboxylic acid groups (broad SMARTS) is 1. The Morgan fingerprint density at radius 3 is 1.47 bits per heavy atom. The zero-order chi connectivity index (χ0) is 44.2. The smallest absolute Gasteiger partial charge is 0.472 e. The predicted molar refractivity (Wildman–Crippen MR) is 244 cm³/mol. The Morgan fingerprint density at radius 1 is 0.550 bits per heavy atom. The molecule has 0 aliphatic carbocycles. The van der Waals surface area contributed by atoms with Gasteiger partial charge in [-0.15, -0.1) is 0 Å². The lowest BCUT2D eigenvalue weighted by Gasteiger charge is -2.18. The van der Waals surface area contributed by atoms with Crippen LogP contribution in [0.15, 0.2) is 85.1 Å². The minimum Gasteiger partial charge on any atom is -0.480 e. The van der Waals surface area contributed by atoms with Gasteiger partial charge in [0.05, 0.1) is 13.2 Å². The fraction of sp³-hybridized carbons (Fsp3) is 0.646. The van der Waals surface area contributed by atoms with E-state index in [1.807, 2.05) is 0 Å². The van der Waals surface area contributed by atoms with Gasteiger partial charge in [0.1, 0.15) is 12.7 Å². The number of ether oxygens (including phenoxy) is 1. The van der Waals surface area contributed by atoms with Crippen molar-refractivity contribution in [2.75, 3.05) is 19.8 Å². The number of carbonyl (C=O) groups is 3. The van der Waals surface area contributed by atoms with Crippen molar-refractivity contribution in [1.82, 2.24) is 5.32 Å². The number of nitrogens with one attached hydrogen (secondary N) is 1. The molecule has 11 nitrogen and oxygen atoms in total. The lowest BCUT2D eigenvalue weighted by atomic mass is 10.1. The molecule has 0 aliphatic heterocycles. The summed E-state index contributed by atoms with van der Waals surface area (Å²) in [7, 11) is -4.77. The maximum atomic E-state index is 12.3. The number of unbranched alkanes of at least 4 members (excludes halogenated alkanes) is 13. The molecule has 0 heterocycles. The molecule has 0 saturated heterocycles. The van der Waals surface area contributed by atoms with Crippen molar-refractivity contribution in [3.63, 3.8) is 0 Å². The SMILES string of the molecule is CC/C=C\C/C=C\C/C=C\C/C=C\C/C=C\C/C=C\CCCCCCC(=O)OCC(O)COP(=O)(O)OCC(NC(=O)CCCCCCC/C=C\CCCCCC)C(=O)O. The summed E-state index contributed by atoms with van der Waals surface area (Å²) >= 11 is 0. The Hall–Kier alpha value is -3.34. The van der Waals surface area contributed by atoms with Gasteiger partial charge < -0.3 is 25.2 Å². The van der Waals surface area contributed by atoms with Crippen LogP contribution in [0.3, 0.4) is 0 Å². The number of phosphoric ester groups is 1. The van der Waals surface area contributed by atoms with Crippen LogP contribution in [-0.2, 0) is 32.7 Å². The number of aliphatic carboxylic acids is 1. The van der Waals surface area contributed by atoms with E-state index in [0.717, 1.165) is 103 Å². The van der Waals surface area contributed by atoms with Crippen molar-refractivity contribution in [3.8, 4) is 0 Å². The highest BCUT2D eigenvalue weighted by molar-refractivity contribution is 7.47. The number of hydrogen-bond acceptors (Lipinski definition) is 8. The molecule has 1 amide bonds. The number of aliphatic hydroxyl groups excluding tert-OH is 1. The van der Waals surface area contributed by atoms with E-state index in [1.165, 1.54) is 25.7 Å². The molecule has 0 radical (unpaired) electrons. The van der Waals surface area contributed by atoms with Gasteiger partial charge in [0, 0.05) is 12.8 Å². The van der Waals surface area contributed by atoms with Crippen molar-refractivity contribution in [2.45, 2.75) is 180 Å². The minimum atomic E-state index is -4.77. The third kappa shape index (κ3) is 41.4. The fourth-order valence-electron chi connectivity index (χ4n) is 5.66. The first kappa shape index (κ1) is 56.7. The van der Waals surface area contributed by atoms with Gasteiger partial charge in [0.15, 0.2) is 6.04 Å². The molecule has 0 aromatic rings. The second-order valence-electron chi connectivity index (χ2n) is 14.9. The van der Waals surface area contributed by atoms with Crippen LogP contribution in [0.5, 0.6) is 0 Å². The molecule has 0 rings (SSSR count). The molecule has 342 valence electrons. The van der Waals surface area contributed by atoms with Gasteiger partial charge in [0.2, 0.25) is 5.91 Å². The minimum absolute atomic E-state index is 0.130. The molecular weight excluding hydrogens is 781 g/mol. The first-order valence-corrected chi connectivity index (χ1v) is 24.1. The number of amides is 1. The van der Waals surface area contributed by atoms with E-state index >= 15 is 0 Å². The fourth-order valence-corrected chi connectivity index (χ4v) is 6.44. The average Bonchev–Trinajstić information content (AvgIpc) is 3.22. The number of phosphoric acid groups is 1. The van der Waals surface area contributed by atoms with E-state index in [4.69, 9.17) is 13.8 Å². The van der Waals surface area contributed by atoms with E-state index in [9.17, 15) is 34.1 Å². The van der Waals surface area contributed by atoms with Gasteiger partial charge in [-0.05, 0) is 89.9 Å². The highest BCUT2D eigenvalue weighted by atomic mass is 31.2. The first-order chi connectivity index (χ1) is 29.1. The van der Waals surface area contributed by atoms with E-state index < -0.39 is 57.6 Å². The summed E-state index contributed by atoms with van der Waals surface area (Å²) < 4.78 is 26.8. The average molecular weight is 862 g/mol. The number of esters is 1. The van der Waals surface area contributed by atoms with Crippen LogP contribution in [0.4, 0.5) is 0 Å². The van der Waals surface area contributed by atoms with Crippen LogP contribution in [0.25, 0.3) is 0 Å². The summed E-state index contributed by atoms with van der Waals surface area (Å²) in [6.45, 7) is 2.41. The molecule has 0 aromatic carbocycles. The number of carboxylic acids is 1. The van der Waals surface area contributed by atoms with E-state index in [2.05, 4.69) is 104 Å². The topological polar surface area (TPSA) is 169 Å². The number of hydrogen-bond donors (Lipinski definition) is 4. The Morgan fingerprint density at radius 2 is 0.967 bits per heavy atom. The van der Waals surface area contributed by atoms with Gasteiger partial charge >= 0.3 is 19.8 Å². The highest BCUT2D eigenvalue weighted by Gasteiger charge is 2.28. The van der Waals surface area contributed by atoms with Crippen LogP contribution in [0.1, 0.15) is 168 Å². The molecule has 0 saturated carbocycles. The van der Waals surface area contributed by atoms with Crippen molar-refractivity contribution in [2.24, 2.45) is 0 Å². The summed E-state index contributed by atoms with van der Waals surface area (Å²) in [6, 6.07) is -1.56. The third-order valence-corrected chi connectivity index (χ3v) is 10.1. The summed E-state index contributed by atoms with van der Waals surface area (Å²) in [6.07, 6.45) is 51.8. The van der Waals surface area contributed by atoms with Crippen LogP contribution in [0, 0.1) is 0 Å². The molecule has 0 aromatic heterocycles. The largest absolute Gasteiger partial charge is 0.480 e. The van der Waals surface area contributed by atoms with Gasteiger partial charge in [-0.2, -0.15) is 0 Å². The van der Waals surface area contributed by atoms with Crippen LogP contribution in [0.2, 0.25) is 0 Å². The molecule has 0 spiro atoms. The molecule has 12 heteroatoms. The lowest BCUT2D eigenvalue weighted by Crippen LogP contribution is -2.43. The molecule has 60 heavy (non-hydrogen) atoms. The first-order valence-electron chi connectivity index (χ1n) is 22.6. The monoisotopic (exact) mass is 862 g/mol. The quantitative estimate of drug-likeness (QED) is 0.0201. The van der Waals surface area contributed by atoms with Gasteiger partial charge in [-0.1, -0.05) is 150 Å².